The van der Waals surface area contributed by atoms with Crippen LogP contribution in [0.1, 0.15) is 55.1 Å². The van der Waals surface area contributed by atoms with Gasteiger partial charge in [0.15, 0.2) is 0 Å². The van der Waals surface area contributed by atoms with Crippen LogP contribution in [0.2, 0.25) is 0 Å². The number of aromatic nitrogens is 3. The molecule has 10 heteroatoms. The zero-order chi connectivity index (χ0) is 25.4. The second-order valence-corrected chi connectivity index (χ2v) is 9.83. The minimum Gasteiger partial charge on any atom is -0.493 e. The van der Waals surface area contributed by atoms with Crippen molar-refractivity contribution in [2.45, 2.75) is 64.1 Å². The first-order valence-corrected chi connectivity index (χ1v) is 12.4. The molecule has 1 aromatic carbocycles. The zero-order valence-electron chi connectivity index (χ0n) is 20.3. The first kappa shape index (κ1) is 24.2. The number of ether oxygens (including phenoxy) is 1. The summed E-state index contributed by atoms with van der Waals surface area (Å²) < 4.78 is 20.2. The smallest absolute Gasteiger partial charge is 0.255 e. The minimum absolute atomic E-state index is 0.0996. The number of H-pyrrole nitrogens is 1. The van der Waals surface area contributed by atoms with Gasteiger partial charge in [0.1, 0.15) is 35.2 Å². The van der Waals surface area contributed by atoms with Crippen molar-refractivity contribution in [3.63, 3.8) is 0 Å². The summed E-state index contributed by atoms with van der Waals surface area (Å²) in [6, 6.07) is 4.14. The summed E-state index contributed by atoms with van der Waals surface area (Å²) >= 11 is 0. The molecule has 3 atom stereocenters. The number of carbonyl (C=O) groups excluding carboxylic acids is 2. The number of aryl methyl sites for hydroxylation is 1. The van der Waals surface area contributed by atoms with Crippen LogP contribution in [0.3, 0.4) is 0 Å². The number of fused-ring (bicyclic) bond motifs is 1. The van der Waals surface area contributed by atoms with E-state index in [9.17, 15) is 19.1 Å². The molecule has 0 radical (unpaired) electrons. The highest BCUT2D eigenvalue weighted by Crippen LogP contribution is 2.37. The molecule has 0 aliphatic heterocycles. The number of hydrogen-bond donors (Lipinski definition) is 4. The molecule has 36 heavy (non-hydrogen) atoms. The van der Waals surface area contributed by atoms with Crippen LogP contribution < -0.4 is 15.4 Å². The van der Waals surface area contributed by atoms with Crippen LogP contribution in [0, 0.1) is 18.7 Å². The molecule has 5 rings (SSSR count). The Morgan fingerprint density at radius 3 is 2.67 bits per heavy atom. The Balaban J connectivity index is 1.39. The summed E-state index contributed by atoms with van der Waals surface area (Å²) in [6.07, 6.45) is 4.58. The highest BCUT2D eigenvalue weighted by atomic mass is 19.1. The molecule has 2 unspecified atom stereocenters. The van der Waals surface area contributed by atoms with Gasteiger partial charge in [0, 0.05) is 23.3 Å². The number of benzene rings is 1. The van der Waals surface area contributed by atoms with Crippen molar-refractivity contribution in [1.29, 1.82) is 0 Å². The second-order valence-electron chi connectivity index (χ2n) is 9.83. The number of aliphatic hydroxyl groups excluding tert-OH is 1. The highest BCUT2D eigenvalue weighted by Gasteiger charge is 2.30. The zero-order valence-corrected chi connectivity index (χ0v) is 20.3. The van der Waals surface area contributed by atoms with Crippen LogP contribution in [0.5, 0.6) is 5.75 Å². The topological polar surface area (TPSA) is 129 Å². The maximum absolute atomic E-state index is 14.2. The number of aromatic amines is 1. The van der Waals surface area contributed by atoms with Gasteiger partial charge < -0.3 is 25.5 Å². The van der Waals surface area contributed by atoms with Crippen molar-refractivity contribution in [3.8, 4) is 17.0 Å². The maximum atomic E-state index is 14.2. The summed E-state index contributed by atoms with van der Waals surface area (Å²) in [6.45, 7) is 3.78. The van der Waals surface area contributed by atoms with Gasteiger partial charge in [-0.3, -0.25) is 9.59 Å². The fraction of sp³-hybridized carbons (Fsp3) is 0.462. The number of rotatable bonds is 8. The number of amides is 2. The lowest BCUT2D eigenvalue weighted by atomic mass is 10.1. The van der Waals surface area contributed by atoms with Gasteiger partial charge in [0.05, 0.1) is 17.7 Å². The van der Waals surface area contributed by atoms with Crippen molar-refractivity contribution in [3.05, 3.63) is 41.6 Å². The molecule has 9 nitrogen and oxygen atoms in total. The number of hydrogen-bond acceptors (Lipinski definition) is 6. The number of carbonyl (C=O) groups is 2. The van der Waals surface area contributed by atoms with Gasteiger partial charge in [-0.25, -0.2) is 14.4 Å². The third kappa shape index (κ3) is 5.04. The molecule has 2 amide bonds. The van der Waals surface area contributed by atoms with Crippen molar-refractivity contribution in [2.75, 3.05) is 6.61 Å². The first-order chi connectivity index (χ1) is 17.3. The van der Waals surface area contributed by atoms with E-state index >= 15 is 0 Å². The number of nitrogens with zero attached hydrogens (tertiary/aromatic N) is 2. The summed E-state index contributed by atoms with van der Waals surface area (Å²) in [5.41, 5.74) is 2.98. The average molecular weight is 496 g/mol. The monoisotopic (exact) mass is 495 g/mol. The van der Waals surface area contributed by atoms with Crippen molar-refractivity contribution in [2.24, 2.45) is 5.92 Å². The van der Waals surface area contributed by atoms with Gasteiger partial charge in [-0.15, -0.1) is 0 Å². The molecule has 2 saturated carbocycles. The Morgan fingerprint density at radius 1 is 1.19 bits per heavy atom. The molecule has 3 aromatic rings. The number of nitrogens with one attached hydrogen (secondary N) is 3. The second kappa shape index (κ2) is 9.85. The van der Waals surface area contributed by atoms with Crippen LogP contribution in [0.25, 0.3) is 22.3 Å². The average Bonchev–Trinajstić information content (AvgIpc) is 3.47. The van der Waals surface area contributed by atoms with E-state index in [1.165, 1.54) is 25.4 Å². The van der Waals surface area contributed by atoms with Crippen LogP contribution in [-0.4, -0.2) is 56.7 Å². The largest absolute Gasteiger partial charge is 0.493 e. The van der Waals surface area contributed by atoms with E-state index in [1.54, 1.807) is 13.0 Å². The fourth-order valence-corrected chi connectivity index (χ4v) is 4.73. The van der Waals surface area contributed by atoms with Gasteiger partial charge in [0.25, 0.3) is 5.91 Å². The van der Waals surface area contributed by atoms with Crippen LogP contribution in [0.15, 0.2) is 24.5 Å². The van der Waals surface area contributed by atoms with E-state index in [0.29, 0.717) is 71.1 Å². The van der Waals surface area contributed by atoms with Crippen LogP contribution in [0.4, 0.5) is 4.39 Å². The van der Waals surface area contributed by atoms with Crippen molar-refractivity contribution < 1.29 is 23.8 Å². The minimum atomic E-state index is -1.07. The molecule has 2 aliphatic rings. The molecule has 0 spiro atoms. The Morgan fingerprint density at radius 2 is 1.94 bits per heavy atom. The van der Waals surface area contributed by atoms with Gasteiger partial charge in [-0.1, -0.05) is 0 Å². The molecule has 2 fully saturated rings. The predicted octanol–water partition coefficient (Wildman–Crippen LogP) is 3.01. The Hall–Kier alpha value is -3.53. The summed E-state index contributed by atoms with van der Waals surface area (Å²) in [5, 5.41) is 15.3. The SMILES string of the molecule is Cc1[nH]c2c(-c3cc(F)ccc3OCC3CC3)ncnc2c1C(=O)NC1CCC(NC(=O)[C@H](C)O)C1. The third-order valence-corrected chi connectivity index (χ3v) is 6.86. The van der Waals surface area contributed by atoms with Crippen LogP contribution >= 0.6 is 0 Å². The molecule has 0 saturated heterocycles. The summed E-state index contributed by atoms with van der Waals surface area (Å²) in [4.78, 5) is 37.1. The van der Waals surface area contributed by atoms with E-state index in [4.69, 9.17) is 4.74 Å². The van der Waals surface area contributed by atoms with E-state index in [2.05, 4.69) is 25.6 Å². The van der Waals surface area contributed by atoms with Crippen LogP contribution in [-0.2, 0) is 4.79 Å². The lowest BCUT2D eigenvalue weighted by Gasteiger charge is -2.15. The Kier molecular flexibility index (Phi) is 6.61. The number of aliphatic hydroxyl groups is 1. The molecule has 0 bridgehead atoms. The van der Waals surface area contributed by atoms with E-state index in [0.717, 1.165) is 12.8 Å². The molecular formula is C26H30FN5O4. The standard InChI is InChI=1S/C26H30FN5O4/c1-13-21(26(35)32-18-7-6-17(10-18)31-25(34)14(2)33)23-24(30-13)22(28-12-29-23)19-9-16(27)5-8-20(19)36-11-15-3-4-15/h5,8-9,12,14-15,17-18,30,33H,3-4,6-7,10-11H2,1-2H3,(H,31,34)(H,32,35)/t14-,17?,18?/m0/s1. The predicted molar refractivity (Wildman–Crippen MR) is 131 cm³/mol. The number of halogens is 1. The molecule has 2 heterocycles. The molecular weight excluding hydrogens is 465 g/mol. The van der Waals surface area contributed by atoms with Gasteiger partial charge >= 0.3 is 0 Å². The fourth-order valence-electron chi connectivity index (χ4n) is 4.73. The lowest BCUT2D eigenvalue weighted by Crippen LogP contribution is -2.40. The summed E-state index contributed by atoms with van der Waals surface area (Å²) in [5.74, 6) is -0.0261. The van der Waals surface area contributed by atoms with Gasteiger partial charge in [0.2, 0.25) is 5.91 Å². The van der Waals surface area contributed by atoms with Gasteiger partial charge in [-0.2, -0.15) is 0 Å². The van der Waals surface area contributed by atoms with Gasteiger partial charge in [-0.05, 0) is 70.1 Å². The Bertz CT molecular complexity index is 1300. The lowest BCUT2D eigenvalue weighted by molar-refractivity contribution is -0.129. The third-order valence-electron chi connectivity index (χ3n) is 6.86. The first-order valence-electron chi connectivity index (χ1n) is 12.4. The van der Waals surface area contributed by atoms with Crippen molar-refractivity contribution >= 4 is 22.8 Å². The normalized spacial score (nSPS) is 20.3. The Labute approximate surface area is 207 Å². The van der Waals surface area contributed by atoms with Crippen molar-refractivity contribution in [1.82, 2.24) is 25.6 Å². The van der Waals surface area contributed by atoms with E-state index in [1.807, 2.05) is 0 Å². The summed E-state index contributed by atoms with van der Waals surface area (Å²) in [7, 11) is 0. The van der Waals surface area contributed by atoms with E-state index in [-0.39, 0.29) is 18.0 Å². The molecule has 190 valence electrons. The van der Waals surface area contributed by atoms with E-state index < -0.39 is 17.8 Å². The highest BCUT2D eigenvalue weighted by molar-refractivity contribution is 6.09. The quantitative estimate of drug-likeness (QED) is 0.380. The maximum Gasteiger partial charge on any atom is 0.255 e. The molecule has 2 aliphatic carbocycles. The molecule has 2 aromatic heterocycles. The molecule has 4 N–H and O–H groups in total.